The molecule has 1 heterocycles. The number of hydrogen-bond acceptors (Lipinski definition) is 5. The topological polar surface area (TPSA) is 59.8 Å². The molecule has 0 aliphatic carbocycles. The fraction of sp³-hybridized carbons (Fsp3) is 0.318. The minimum atomic E-state index is -0.229. The van der Waals surface area contributed by atoms with Gasteiger partial charge in [-0.3, -0.25) is 9.36 Å². The van der Waals surface area contributed by atoms with Crippen molar-refractivity contribution in [2.75, 3.05) is 18.1 Å². The first-order valence-electron chi connectivity index (χ1n) is 9.71. The van der Waals surface area contributed by atoms with Crippen LogP contribution in [0.2, 0.25) is 0 Å². The number of halogens is 1. The molecule has 0 aliphatic rings. The molecule has 1 amide bonds. The van der Waals surface area contributed by atoms with E-state index in [1.54, 1.807) is 23.9 Å². The zero-order valence-electron chi connectivity index (χ0n) is 17.3. The fourth-order valence-electron chi connectivity index (χ4n) is 2.88. The summed E-state index contributed by atoms with van der Waals surface area (Å²) in [4.78, 5) is 13.3. The van der Waals surface area contributed by atoms with Crippen molar-refractivity contribution in [3.05, 3.63) is 65.2 Å². The van der Waals surface area contributed by atoms with Crippen molar-refractivity contribution >= 4 is 29.4 Å². The summed E-state index contributed by atoms with van der Waals surface area (Å²) in [6.07, 6.45) is 0.843. The van der Waals surface area contributed by atoms with Gasteiger partial charge in [-0.05, 0) is 74.4 Å². The summed E-state index contributed by atoms with van der Waals surface area (Å²) in [6, 6.07) is 12.7. The summed E-state index contributed by atoms with van der Waals surface area (Å²) in [6.45, 7) is 6.63. The molecule has 1 N–H and O–H groups in total. The molecule has 5 nitrogen and oxygen atoms in total. The fourth-order valence-corrected chi connectivity index (χ4v) is 4.55. The highest BCUT2D eigenvalue weighted by Gasteiger charge is 2.15. The lowest BCUT2D eigenvalue weighted by atomic mass is 10.1. The maximum Gasteiger partial charge on any atom is 0.230 e. The number of aryl methyl sites for hydroxylation is 3. The minimum absolute atomic E-state index is 0.0278. The van der Waals surface area contributed by atoms with E-state index >= 15 is 0 Å². The summed E-state index contributed by atoms with van der Waals surface area (Å²) >= 11 is 3.03. The minimum Gasteiger partial charge on any atom is -0.355 e. The van der Waals surface area contributed by atoms with Crippen molar-refractivity contribution in [1.82, 2.24) is 20.1 Å². The zero-order chi connectivity index (χ0) is 21.5. The van der Waals surface area contributed by atoms with Crippen LogP contribution in [-0.2, 0) is 4.79 Å². The van der Waals surface area contributed by atoms with Crippen molar-refractivity contribution in [2.24, 2.45) is 0 Å². The number of carbonyl (C=O) groups excluding carboxylic acids is 1. The van der Waals surface area contributed by atoms with Gasteiger partial charge in [0.05, 0.1) is 11.4 Å². The Morgan fingerprint density at radius 2 is 1.83 bits per heavy atom. The lowest BCUT2D eigenvalue weighted by Gasteiger charge is -2.12. The van der Waals surface area contributed by atoms with Gasteiger partial charge in [-0.2, -0.15) is 0 Å². The number of benzene rings is 2. The van der Waals surface area contributed by atoms with Gasteiger partial charge in [-0.1, -0.05) is 23.9 Å². The van der Waals surface area contributed by atoms with E-state index in [1.807, 2.05) is 11.5 Å². The Balaban J connectivity index is 1.46. The third-order valence-electron chi connectivity index (χ3n) is 4.46. The second-order valence-electron chi connectivity index (χ2n) is 6.95. The second kappa shape index (κ2) is 10.6. The van der Waals surface area contributed by atoms with Gasteiger partial charge in [-0.15, -0.1) is 22.0 Å². The largest absolute Gasteiger partial charge is 0.355 e. The van der Waals surface area contributed by atoms with Crippen LogP contribution in [0.3, 0.4) is 0 Å². The van der Waals surface area contributed by atoms with E-state index in [-0.39, 0.29) is 17.5 Å². The highest BCUT2D eigenvalue weighted by Crippen LogP contribution is 2.25. The normalized spacial score (nSPS) is 10.9. The third-order valence-corrected chi connectivity index (χ3v) is 6.49. The molecule has 0 spiro atoms. The lowest BCUT2D eigenvalue weighted by Crippen LogP contribution is -2.26. The molecule has 0 bridgehead atoms. The molecule has 3 aromatic rings. The number of nitrogens with one attached hydrogen (secondary N) is 1. The van der Waals surface area contributed by atoms with Crippen molar-refractivity contribution in [1.29, 1.82) is 0 Å². The van der Waals surface area contributed by atoms with E-state index < -0.39 is 0 Å². The Morgan fingerprint density at radius 3 is 2.60 bits per heavy atom. The number of rotatable bonds is 9. The molecule has 0 fully saturated rings. The third kappa shape index (κ3) is 6.09. The van der Waals surface area contributed by atoms with Crippen molar-refractivity contribution in [2.45, 2.75) is 37.2 Å². The van der Waals surface area contributed by atoms with Gasteiger partial charge in [-0.25, -0.2) is 4.39 Å². The quantitative estimate of drug-likeness (QED) is 0.382. The highest BCUT2D eigenvalue weighted by molar-refractivity contribution is 7.99. The monoisotopic (exact) mass is 444 g/mol. The Labute approximate surface area is 184 Å². The summed E-state index contributed by atoms with van der Waals surface area (Å²) in [7, 11) is 0. The number of aromatic nitrogens is 3. The zero-order valence-corrected chi connectivity index (χ0v) is 18.9. The Kier molecular flexibility index (Phi) is 7.93. The molecular formula is C22H25FN4OS2. The van der Waals surface area contributed by atoms with E-state index in [0.717, 1.165) is 39.7 Å². The van der Waals surface area contributed by atoms with Crippen LogP contribution in [-0.4, -0.2) is 38.7 Å². The van der Waals surface area contributed by atoms with Crippen LogP contribution in [0.15, 0.2) is 52.5 Å². The first-order valence-corrected chi connectivity index (χ1v) is 11.7. The number of hydrogen-bond donors (Lipinski definition) is 1. The van der Waals surface area contributed by atoms with Crippen LogP contribution >= 0.6 is 23.5 Å². The van der Waals surface area contributed by atoms with E-state index in [2.05, 4.69) is 47.6 Å². The molecule has 0 aliphatic heterocycles. The average Bonchev–Trinajstić information content (AvgIpc) is 3.09. The first kappa shape index (κ1) is 22.4. The molecular weight excluding hydrogens is 419 g/mol. The number of amides is 1. The summed E-state index contributed by atoms with van der Waals surface area (Å²) < 4.78 is 14.9. The average molecular weight is 445 g/mol. The standard InChI is InChI=1S/C22H25FN4OS2/c1-15-5-6-16(2)20(13-15)27-17(3)25-26-22(27)30-14-21(28)24-11-4-12-29-19-9-7-18(23)8-10-19/h5-10,13H,4,11-12,14H2,1-3H3,(H,24,28). The summed E-state index contributed by atoms with van der Waals surface area (Å²) in [5, 5.41) is 12.1. The molecule has 30 heavy (non-hydrogen) atoms. The summed E-state index contributed by atoms with van der Waals surface area (Å²) in [5.74, 6) is 1.69. The molecule has 0 saturated carbocycles. The van der Waals surface area contributed by atoms with Crippen molar-refractivity contribution < 1.29 is 9.18 Å². The van der Waals surface area contributed by atoms with E-state index in [9.17, 15) is 9.18 Å². The van der Waals surface area contributed by atoms with Gasteiger partial charge < -0.3 is 5.32 Å². The van der Waals surface area contributed by atoms with Crippen LogP contribution in [0.4, 0.5) is 4.39 Å². The predicted octanol–water partition coefficient (Wildman–Crippen LogP) is 4.72. The Hall–Kier alpha value is -2.32. The summed E-state index contributed by atoms with van der Waals surface area (Å²) in [5.41, 5.74) is 3.34. The number of carbonyl (C=O) groups is 1. The second-order valence-corrected chi connectivity index (χ2v) is 9.06. The molecule has 8 heteroatoms. The Bertz CT molecular complexity index is 1000. The van der Waals surface area contributed by atoms with E-state index in [4.69, 9.17) is 0 Å². The highest BCUT2D eigenvalue weighted by atomic mass is 32.2. The molecule has 0 atom stereocenters. The molecule has 0 unspecified atom stereocenters. The molecule has 0 radical (unpaired) electrons. The molecule has 158 valence electrons. The lowest BCUT2D eigenvalue weighted by molar-refractivity contribution is -0.118. The van der Waals surface area contributed by atoms with Gasteiger partial charge in [0.1, 0.15) is 11.6 Å². The van der Waals surface area contributed by atoms with Crippen molar-refractivity contribution in [3.63, 3.8) is 0 Å². The van der Waals surface area contributed by atoms with Gasteiger partial charge in [0.25, 0.3) is 0 Å². The van der Waals surface area contributed by atoms with Crippen molar-refractivity contribution in [3.8, 4) is 5.69 Å². The maximum atomic E-state index is 12.9. The Morgan fingerprint density at radius 1 is 1.07 bits per heavy atom. The van der Waals surface area contributed by atoms with Gasteiger partial charge in [0, 0.05) is 11.4 Å². The van der Waals surface area contributed by atoms with E-state index in [0.29, 0.717) is 11.7 Å². The van der Waals surface area contributed by atoms with Crippen LogP contribution in [0.5, 0.6) is 0 Å². The number of nitrogens with zero attached hydrogens (tertiary/aromatic N) is 3. The number of thioether (sulfide) groups is 2. The molecule has 3 rings (SSSR count). The van der Waals surface area contributed by atoms with Gasteiger partial charge in [0.2, 0.25) is 5.91 Å². The van der Waals surface area contributed by atoms with Gasteiger partial charge >= 0.3 is 0 Å². The molecule has 1 aromatic heterocycles. The maximum absolute atomic E-state index is 12.9. The first-order chi connectivity index (χ1) is 14.4. The molecule has 0 saturated heterocycles. The molecule has 2 aromatic carbocycles. The van der Waals surface area contributed by atoms with Crippen LogP contribution < -0.4 is 5.32 Å². The smallest absolute Gasteiger partial charge is 0.230 e. The SMILES string of the molecule is Cc1ccc(C)c(-n2c(C)nnc2SCC(=O)NCCCSc2ccc(F)cc2)c1. The van der Waals surface area contributed by atoms with Gasteiger partial charge in [0.15, 0.2) is 5.16 Å². The van der Waals surface area contributed by atoms with Crippen LogP contribution in [0, 0.1) is 26.6 Å². The predicted molar refractivity (Wildman–Crippen MR) is 121 cm³/mol. The van der Waals surface area contributed by atoms with E-state index in [1.165, 1.54) is 23.9 Å². The van der Waals surface area contributed by atoms with Crippen LogP contribution in [0.25, 0.3) is 5.69 Å². The van der Waals surface area contributed by atoms with Crippen LogP contribution in [0.1, 0.15) is 23.4 Å².